The predicted octanol–water partition coefficient (Wildman–Crippen LogP) is 5.51. The second kappa shape index (κ2) is 9.14. The van der Waals surface area contributed by atoms with Crippen molar-refractivity contribution in [2.75, 3.05) is 0 Å². The van der Waals surface area contributed by atoms with Crippen molar-refractivity contribution in [2.45, 2.75) is 51.6 Å². The van der Waals surface area contributed by atoms with Crippen LogP contribution in [0, 0.1) is 23.7 Å². The number of benzene rings is 2. The van der Waals surface area contributed by atoms with Gasteiger partial charge >= 0.3 is 175 Å². The van der Waals surface area contributed by atoms with E-state index in [1.165, 1.54) is 37.8 Å². The van der Waals surface area contributed by atoms with E-state index >= 15 is 0 Å². The zero-order valence-corrected chi connectivity index (χ0v) is 19.4. The standard InChI is InChI=1S/C25H28O.W/c1-20-16-17-23(25(2,3)22-14-8-5-9-15-22)24(19-20)26-18-10-13-21-11-6-4-7-12-21;/h4-9,11-12,14-15,20,23-24H,16-17,19H2,1-3H3;/t20-,23-,24-;/m1./s1. The third kappa shape index (κ3) is 5.28. The Morgan fingerprint density at radius 1 is 1.00 bits per heavy atom. The van der Waals surface area contributed by atoms with E-state index < -0.39 is 0 Å². The van der Waals surface area contributed by atoms with Gasteiger partial charge < -0.3 is 0 Å². The Hall–Kier alpha value is -1.48. The molecule has 2 aromatic carbocycles. The molecule has 27 heavy (non-hydrogen) atoms. The summed E-state index contributed by atoms with van der Waals surface area (Å²) in [6, 6.07) is 21.0. The summed E-state index contributed by atoms with van der Waals surface area (Å²) in [6.45, 7) is 7.09. The van der Waals surface area contributed by atoms with Crippen molar-refractivity contribution in [1.29, 1.82) is 0 Å². The molecule has 2 heteroatoms. The van der Waals surface area contributed by atoms with Gasteiger partial charge in [-0.05, 0) is 0 Å². The molecule has 0 aromatic heterocycles. The quantitative estimate of drug-likeness (QED) is 0.476. The second-order valence-electron chi connectivity index (χ2n) is 8.17. The first kappa shape index (κ1) is 20.3. The van der Waals surface area contributed by atoms with Crippen LogP contribution in [0.5, 0.6) is 0 Å². The van der Waals surface area contributed by atoms with E-state index in [1.54, 1.807) is 0 Å². The first-order valence-electron chi connectivity index (χ1n) is 9.80. The molecule has 0 aliphatic heterocycles. The Morgan fingerprint density at radius 3 is 2.30 bits per heavy atom. The van der Waals surface area contributed by atoms with Gasteiger partial charge in [-0.25, -0.2) is 0 Å². The van der Waals surface area contributed by atoms with E-state index in [0.29, 0.717) is 11.8 Å². The Kier molecular flexibility index (Phi) is 6.86. The summed E-state index contributed by atoms with van der Waals surface area (Å²) in [6.07, 6.45) is 3.84. The van der Waals surface area contributed by atoms with E-state index in [2.05, 4.69) is 62.9 Å². The number of hydrogen-bond donors (Lipinski definition) is 0. The molecule has 0 heterocycles. The Morgan fingerprint density at radius 2 is 1.63 bits per heavy atom. The molecule has 0 amide bonds. The topological polar surface area (TPSA) is 9.23 Å². The van der Waals surface area contributed by atoms with Crippen LogP contribution in [0.25, 0.3) is 0 Å². The molecule has 3 rings (SSSR count). The van der Waals surface area contributed by atoms with Gasteiger partial charge in [0.2, 0.25) is 0 Å². The summed E-state index contributed by atoms with van der Waals surface area (Å²) in [5, 5.41) is 0. The summed E-state index contributed by atoms with van der Waals surface area (Å²) in [4.78, 5) is 0. The Bertz CT molecular complexity index is 814. The molecular formula is C25H28OW. The SMILES string of the molecule is C[C@@H]1CC[C@@H](C(C)(C)c2ccccc2)[C@H](O[C](=[W])C#Cc2ccccc2)C1. The van der Waals surface area contributed by atoms with Gasteiger partial charge in [-0.15, -0.1) is 0 Å². The van der Waals surface area contributed by atoms with E-state index in [4.69, 9.17) is 4.74 Å². The first-order valence-corrected chi connectivity index (χ1v) is 11.3. The van der Waals surface area contributed by atoms with Crippen LogP contribution in [0.4, 0.5) is 0 Å². The van der Waals surface area contributed by atoms with Crippen LogP contribution >= 0.6 is 0 Å². The van der Waals surface area contributed by atoms with Gasteiger partial charge in [0, 0.05) is 0 Å². The molecule has 0 spiro atoms. The third-order valence-corrected chi connectivity index (χ3v) is 6.55. The van der Waals surface area contributed by atoms with Crippen LogP contribution in [0.1, 0.15) is 51.2 Å². The summed E-state index contributed by atoms with van der Waals surface area (Å²) in [5.74, 6) is 7.71. The number of ether oxygens (including phenoxy) is 1. The molecule has 1 saturated carbocycles. The summed E-state index contributed by atoms with van der Waals surface area (Å²) < 4.78 is 7.39. The van der Waals surface area contributed by atoms with Crippen LogP contribution in [-0.4, -0.2) is 10.2 Å². The summed E-state index contributed by atoms with van der Waals surface area (Å²) >= 11 is 1.31. The molecule has 1 aliphatic rings. The molecular weight excluding hydrogens is 500 g/mol. The van der Waals surface area contributed by atoms with Gasteiger partial charge in [-0.1, -0.05) is 0 Å². The van der Waals surface area contributed by atoms with Crippen molar-refractivity contribution >= 4 is 4.08 Å². The molecule has 0 bridgehead atoms. The molecule has 1 nitrogen and oxygen atoms in total. The molecule has 3 atom stereocenters. The van der Waals surface area contributed by atoms with Gasteiger partial charge in [0.1, 0.15) is 0 Å². The Labute approximate surface area is 174 Å². The van der Waals surface area contributed by atoms with Gasteiger partial charge in [0.15, 0.2) is 0 Å². The molecule has 0 unspecified atom stereocenters. The minimum absolute atomic E-state index is 0.0918. The fraction of sp³-hybridized carbons (Fsp3) is 0.400. The molecule has 140 valence electrons. The predicted molar refractivity (Wildman–Crippen MR) is 109 cm³/mol. The summed E-state index contributed by atoms with van der Waals surface area (Å²) in [5.41, 5.74) is 2.53. The summed E-state index contributed by atoms with van der Waals surface area (Å²) in [7, 11) is 0. The Balaban J connectivity index is 1.76. The van der Waals surface area contributed by atoms with Crippen molar-refractivity contribution in [3.05, 3.63) is 71.8 Å². The van der Waals surface area contributed by atoms with Gasteiger partial charge in [-0.2, -0.15) is 0 Å². The molecule has 0 radical (unpaired) electrons. The number of hydrogen-bond acceptors (Lipinski definition) is 1. The van der Waals surface area contributed by atoms with E-state index in [0.717, 1.165) is 16.1 Å². The van der Waals surface area contributed by atoms with Crippen LogP contribution in [0.15, 0.2) is 60.7 Å². The fourth-order valence-electron chi connectivity index (χ4n) is 4.18. The van der Waals surface area contributed by atoms with Crippen LogP contribution in [0.3, 0.4) is 0 Å². The van der Waals surface area contributed by atoms with Crippen LogP contribution < -0.4 is 0 Å². The third-order valence-electron chi connectivity index (χ3n) is 5.84. The van der Waals surface area contributed by atoms with Crippen molar-refractivity contribution in [3.8, 4) is 11.8 Å². The van der Waals surface area contributed by atoms with E-state index in [-0.39, 0.29) is 11.5 Å². The fourth-order valence-corrected chi connectivity index (χ4v) is 4.81. The average molecular weight is 528 g/mol. The van der Waals surface area contributed by atoms with Gasteiger partial charge in [0.25, 0.3) is 0 Å². The van der Waals surface area contributed by atoms with Crippen LogP contribution in [0.2, 0.25) is 0 Å². The van der Waals surface area contributed by atoms with Crippen molar-refractivity contribution in [1.82, 2.24) is 0 Å². The second-order valence-corrected chi connectivity index (χ2v) is 9.50. The molecule has 1 aliphatic carbocycles. The maximum atomic E-state index is 6.48. The molecule has 0 N–H and O–H groups in total. The first-order chi connectivity index (χ1) is 13.0. The minimum atomic E-state index is 0.0918. The molecule has 1 fully saturated rings. The van der Waals surface area contributed by atoms with Crippen molar-refractivity contribution in [2.24, 2.45) is 11.8 Å². The number of rotatable bonds is 4. The van der Waals surface area contributed by atoms with E-state index in [9.17, 15) is 0 Å². The van der Waals surface area contributed by atoms with E-state index in [1.807, 2.05) is 30.3 Å². The molecule has 2 aromatic rings. The van der Waals surface area contributed by atoms with Crippen LogP contribution in [-0.2, 0) is 29.5 Å². The maximum absolute atomic E-state index is 6.48. The normalized spacial score (nSPS) is 22.6. The van der Waals surface area contributed by atoms with Crippen molar-refractivity contribution < 1.29 is 24.1 Å². The van der Waals surface area contributed by atoms with Gasteiger partial charge in [0.05, 0.1) is 0 Å². The van der Waals surface area contributed by atoms with Crippen molar-refractivity contribution in [3.63, 3.8) is 0 Å². The molecule has 0 saturated heterocycles. The monoisotopic (exact) mass is 528 g/mol. The zero-order chi connectivity index (χ0) is 19.3. The zero-order valence-electron chi connectivity index (χ0n) is 16.4. The van der Waals surface area contributed by atoms with Gasteiger partial charge in [-0.3, -0.25) is 0 Å². The average Bonchev–Trinajstić information content (AvgIpc) is 2.68.